The van der Waals surface area contributed by atoms with E-state index in [1.807, 2.05) is 0 Å². The van der Waals surface area contributed by atoms with Gasteiger partial charge in [0, 0.05) is 13.2 Å². The summed E-state index contributed by atoms with van der Waals surface area (Å²) in [5.41, 5.74) is 5.70. The van der Waals surface area contributed by atoms with Crippen molar-refractivity contribution < 1.29 is 4.74 Å². The molecule has 0 amide bonds. The molecule has 0 saturated heterocycles. The summed E-state index contributed by atoms with van der Waals surface area (Å²) in [5.74, 6) is 2.12. The molecular weight excluding hydrogens is 162 g/mol. The van der Waals surface area contributed by atoms with E-state index in [1.54, 1.807) is 0 Å². The Bertz CT molecular complexity index is 136. The summed E-state index contributed by atoms with van der Waals surface area (Å²) in [4.78, 5) is 0. The lowest BCUT2D eigenvalue weighted by Crippen LogP contribution is -2.22. The van der Waals surface area contributed by atoms with E-state index in [0.29, 0.717) is 5.92 Å². The first-order chi connectivity index (χ1) is 6.24. The lowest BCUT2D eigenvalue weighted by atomic mass is 9.97. The Morgan fingerprint density at radius 3 is 2.62 bits per heavy atom. The summed E-state index contributed by atoms with van der Waals surface area (Å²) in [5, 5.41) is 0. The van der Waals surface area contributed by atoms with Crippen LogP contribution >= 0.6 is 0 Å². The Morgan fingerprint density at radius 1 is 1.31 bits per heavy atom. The van der Waals surface area contributed by atoms with Crippen LogP contribution in [-0.2, 0) is 4.74 Å². The maximum absolute atomic E-state index is 5.70. The molecule has 1 fully saturated rings. The first-order valence-corrected chi connectivity index (χ1v) is 5.51. The van der Waals surface area contributed by atoms with Gasteiger partial charge in [-0.15, -0.1) is 0 Å². The third kappa shape index (κ3) is 3.65. The second-order valence-electron chi connectivity index (χ2n) is 4.62. The van der Waals surface area contributed by atoms with Gasteiger partial charge in [0.15, 0.2) is 0 Å². The predicted octanol–water partition coefficient (Wildman–Crippen LogP) is 2.03. The Labute approximate surface area is 81.8 Å². The van der Waals surface area contributed by atoms with E-state index in [2.05, 4.69) is 13.8 Å². The van der Waals surface area contributed by atoms with Crippen LogP contribution < -0.4 is 5.73 Å². The van der Waals surface area contributed by atoms with E-state index in [-0.39, 0.29) is 0 Å². The minimum atomic E-state index is 0.651. The first kappa shape index (κ1) is 11.0. The minimum absolute atomic E-state index is 0.651. The molecule has 2 nitrogen and oxygen atoms in total. The van der Waals surface area contributed by atoms with Crippen molar-refractivity contribution in [2.75, 3.05) is 19.8 Å². The first-order valence-electron chi connectivity index (χ1n) is 5.51. The molecule has 0 bridgehead atoms. The van der Waals surface area contributed by atoms with Gasteiger partial charge in [0.05, 0.1) is 0 Å². The molecule has 0 heterocycles. The van der Waals surface area contributed by atoms with Crippen molar-refractivity contribution in [2.45, 2.75) is 33.1 Å². The fourth-order valence-electron chi connectivity index (χ4n) is 2.10. The van der Waals surface area contributed by atoms with Crippen LogP contribution in [0.1, 0.15) is 33.1 Å². The highest BCUT2D eigenvalue weighted by atomic mass is 16.5. The third-order valence-corrected chi connectivity index (χ3v) is 2.90. The van der Waals surface area contributed by atoms with Crippen molar-refractivity contribution in [3.63, 3.8) is 0 Å². The normalized spacial score (nSPS) is 28.6. The Morgan fingerprint density at radius 2 is 2.00 bits per heavy atom. The standard InChI is InChI=1S/C11H23NO/c1-9(2)7-13-8-11-5-3-4-10(11)6-12/h9-11H,3-8,12H2,1-2H3. The minimum Gasteiger partial charge on any atom is -0.381 e. The summed E-state index contributed by atoms with van der Waals surface area (Å²) < 4.78 is 5.66. The molecule has 2 N–H and O–H groups in total. The predicted molar refractivity (Wildman–Crippen MR) is 55.5 cm³/mol. The molecule has 0 aliphatic heterocycles. The van der Waals surface area contributed by atoms with Crippen molar-refractivity contribution in [3.05, 3.63) is 0 Å². The fraction of sp³-hybridized carbons (Fsp3) is 1.00. The van der Waals surface area contributed by atoms with E-state index >= 15 is 0 Å². The molecule has 0 aromatic rings. The quantitative estimate of drug-likeness (QED) is 0.711. The number of hydrogen-bond acceptors (Lipinski definition) is 2. The fourth-order valence-corrected chi connectivity index (χ4v) is 2.10. The van der Waals surface area contributed by atoms with E-state index in [4.69, 9.17) is 10.5 Å². The molecule has 1 aliphatic rings. The highest BCUT2D eigenvalue weighted by molar-refractivity contribution is 4.77. The molecule has 2 atom stereocenters. The number of rotatable bonds is 5. The van der Waals surface area contributed by atoms with E-state index in [0.717, 1.165) is 31.6 Å². The van der Waals surface area contributed by atoms with Crippen LogP contribution in [0, 0.1) is 17.8 Å². The Balaban J connectivity index is 2.13. The lowest BCUT2D eigenvalue weighted by molar-refractivity contribution is 0.0690. The molecule has 0 aromatic heterocycles. The van der Waals surface area contributed by atoms with Gasteiger partial charge in [0.25, 0.3) is 0 Å². The zero-order valence-corrected chi connectivity index (χ0v) is 8.96. The average molecular weight is 185 g/mol. The van der Waals surface area contributed by atoms with Crippen molar-refractivity contribution in [1.29, 1.82) is 0 Å². The maximum Gasteiger partial charge on any atom is 0.0497 e. The van der Waals surface area contributed by atoms with E-state index in [9.17, 15) is 0 Å². The van der Waals surface area contributed by atoms with Crippen molar-refractivity contribution in [2.24, 2.45) is 23.5 Å². The second-order valence-corrected chi connectivity index (χ2v) is 4.62. The highest BCUT2D eigenvalue weighted by Gasteiger charge is 2.25. The van der Waals surface area contributed by atoms with Crippen LogP contribution in [0.3, 0.4) is 0 Å². The molecule has 1 saturated carbocycles. The zero-order valence-electron chi connectivity index (χ0n) is 8.96. The van der Waals surface area contributed by atoms with Crippen LogP contribution in [0.4, 0.5) is 0 Å². The van der Waals surface area contributed by atoms with Crippen LogP contribution in [0.15, 0.2) is 0 Å². The molecule has 1 aliphatic carbocycles. The number of ether oxygens (including phenoxy) is 1. The average Bonchev–Trinajstić information content (AvgIpc) is 2.51. The monoisotopic (exact) mass is 185 g/mol. The Kier molecular flexibility index (Phi) is 4.74. The number of hydrogen-bond donors (Lipinski definition) is 1. The van der Waals surface area contributed by atoms with Crippen molar-refractivity contribution in [3.8, 4) is 0 Å². The van der Waals surface area contributed by atoms with Gasteiger partial charge < -0.3 is 10.5 Å². The molecule has 78 valence electrons. The summed E-state index contributed by atoms with van der Waals surface area (Å²) in [7, 11) is 0. The van der Waals surface area contributed by atoms with Gasteiger partial charge in [-0.3, -0.25) is 0 Å². The van der Waals surface area contributed by atoms with E-state index < -0.39 is 0 Å². The molecule has 0 radical (unpaired) electrons. The molecular formula is C11H23NO. The molecule has 2 heteroatoms. The summed E-state index contributed by atoms with van der Waals surface area (Å²) >= 11 is 0. The topological polar surface area (TPSA) is 35.2 Å². The van der Waals surface area contributed by atoms with Crippen LogP contribution in [-0.4, -0.2) is 19.8 Å². The van der Waals surface area contributed by atoms with Crippen LogP contribution in [0.5, 0.6) is 0 Å². The van der Waals surface area contributed by atoms with Crippen LogP contribution in [0.2, 0.25) is 0 Å². The second kappa shape index (κ2) is 5.61. The summed E-state index contributed by atoms with van der Waals surface area (Å²) in [6, 6.07) is 0. The molecule has 0 aromatic carbocycles. The van der Waals surface area contributed by atoms with Crippen LogP contribution in [0.25, 0.3) is 0 Å². The van der Waals surface area contributed by atoms with Gasteiger partial charge in [-0.05, 0) is 37.1 Å². The summed E-state index contributed by atoms with van der Waals surface area (Å²) in [6.45, 7) is 7.05. The van der Waals surface area contributed by atoms with Gasteiger partial charge in [0.1, 0.15) is 0 Å². The van der Waals surface area contributed by atoms with Gasteiger partial charge >= 0.3 is 0 Å². The largest absolute Gasteiger partial charge is 0.381 e. The van der Waals surface area contributed by atoms with E-state index in [1.165, 1.54) is 19.3 Å². The molecule has 1 rings (SSSR count). The molecule has 0 spiro atoms. The molecule has 2 unspecified atom stereocenters. The van der Waals surface area contributed by atoms with Gasteiger partial charge in [0.2, 0.25) is 0 Å². The van der Waals surface area contributed by atoms with Gasteiger partial charge in [-0.2, -0.15) is 0 Å². The Hall–Kier alpha value is -0.0800. The van der Waals surface area contributed by atoms with Gasteiger partial charge in [-0.1, -0.05) is 20.3 Å². The summed E-state index contributed by atoms with van der Waals surface area (Å²) in [6.07, 6.45) is 3.98. The SMILES string of the molecule is CC(C)COCC1CCCC1CN. The zero-order chi connectivity index (χ0) is 9.68. The van der Waals surface area contributed by atoms with Crippen molar-refractivity contribution >= 4 is 0 Å². The van der Waals surface area contributed by atoms with Gasteiger partial charge in [-0.25, -0.2) is 0 Å². The van der Waals surface area contributed by atoms with Crippen molar-refractivity contribution in [1.82, 2.24) is 0 Å². The smallest absolute Gasteiger partial charge is 0.0497 e. The molecule has 13 heavy (non-hydrogen) atoms. The lowest BCUT2D eigenvalue weighted by Gasteiger charge is -2.18. The third-order valence-electron chi connectivity index (χ3n) is 2.90. The maximum atomic E-state index is 5.70. The highest BCUT2D eigenvalue weighted by Crippen LogP contribution is 2.30. The number of nitrogens with two attached hydrogens (primary N) is 1.